The molecule has 3 aromatic rings. The second-order valence-electron chi connectivity index (χ2n) is 6.63. The van der Waals surface area contributed by atoms with Gasteiger partial charge in [-0.3, -0.25) is 9.48 Å². The molecule has 1 aromatic heterocycles. The Bertz CT molecular complexity index is 1090. The Labute approximate surface area is 164 Å². The van der Waals surface area contributed by atoms with Crippen LogP contribution in [0.5, 0.6) is 5.75 Å². The Kier molecular flexibility index (Phi) is 5.91. The van der Waals surface area contributed by atoms with Gasteiger partial charge in [-0.25, -0.2) is 4.39 Å². The number of aryl methyl sites for hydroxylation is 1. The summed E-state index contributed by atoms with van der Waals surface area (Å²) in [7, 11) is 1.45. The number of rotatable bonds is 6. The van der Waals surface area contributed by atoms with E-state index in [-0.39, 0.29) is 11.1 Å². The summed E-state index contributed by atoms with van der Waals surface area (Å²) in [5, 5.41) is 4.46. The number of methoxy groups -OCH3 is 1. The second kappa shape index (κ2) is 8.23. The molecule has 1 heterocycles. The van der Waals surface area contributed by atoms with Crippen LogP contribution in [0.4, 0.5) is 17.6 Å². The van der Waals surface area contributed by atoms with Crippen LogP contribution in [0.2, 0.25) is 0 Å². The molecule has 0 saturated heterocycles. The van der Waals surface area contributed by atoms with Gasteiger partial charge in [-0.05, 0) is 30.7 Å². The Morgan fingerprint density at radius 3 is 2.48 bits per heavy atom. The molecule has 8 heteroatoms. The van der Waals surface area contributed by atoms with Crippen LogP contribution in [0.25, 0.3) is 22.2 Å². The second-order valence-corrected chi connectivity index (χ2v) is 6.63. The lowest BCUT2D eigenvalue weighted by molar-refractivity contribution is -0.139. The van der Waals surface area contributed by atoms with E-state index in [1.54, 1.807) is 12.1 Å². The van der Waals surface area contributed by atoms with Crippen molar-refractivity contribution in [1.82, 2.24) is 9.78 Å². The van der Waals surface area contributed by atoms with E-state index >= 15 is 0 Å². The summed E-state index contributed by atoms with van der Waals surface area (Å²) in [6.45, 7) is 2.44. The van der Waals surface area contributed by atoms with Gasteiger partial charge in [0.2, 0.25) is 5.43 Å². The first kappa shape index (κ1) is 20.8. The molecule has 0 fully saturated rings. The number of hydrogen-bond acceptors (Lipinski definition) is 3. The Hall–Kier alpha value is -2.90. The highest BCUT2D eigenvalue weighted by Crippen LogP contribution is 2.35. The third-order valence-corrected chi connectivity index (χ3v) is 4.69. The molecule has 0 N–H and O–H groups in total. The van der Waals surface area contributed by atoms with Gasteiger partial charge in [-0.2, -0.15) is 18.3 Å². The third kappa shape index (κ3) is 3.97. The zero-order valence-electron chi connectivity index (χ0n) is 16.0. The van der Waals surface area contributed by atoms with Gasteiger partial charge in [0.05, 0.1) is 18.1 Å². The number of alkyl halides is 3. The molecule has 0 spiro atoms. The molecule has 0 atom stereocenters. The quantitative estimate of drug-likeness (QED) is 0.404. The molecule has 0 radical (unpaired) electrons. The molecular weight excluding hydrogens is 388 g/mol. The largest absolute Gasteiger partial charge is 0.494 e. The highest BCUT2D eigenvalue weighted by molar-refractivity contribution is 5.87. The van der Waals surface area contributed by atoms with E-state index in [2.05, 4.69) is 5.10 Å². The molecule has 0 unspecified atom stereocenters. The Balaban J connectivity index is 2.30. The first-order chi connectivity index (χ1) is 13.8. The molecular formula is C21H20F4N2O2. The normalized spacial score (nSPS) is 11.8. The number of nitrogens with zero attached hydrogens (tertiary/aromatic N) is 2. The minimum Gasteiger partial charge on any atom is -0.494 e. The van der Waals surface area contributed by atoms with Crippen LogP contribution in [-0.4, -0.2) is 16.9 Å². The highest BCUT2D eigenvalue weighted by atomic mass is 19.4. The molecule has 2 aromatic carbocycles. The number of hydrogen-bond donors (Lipinski definition) is 0. The summed E-state index contributed by atoms with van der Waals surface area (Å²) in [6, 6.07) is 7.65. The van der Waals surface area contributed by atoms with E-state index in [0.717, 1.165) is 31.4 Å². The zero-order valence-corrected chi connectivity index (χ0v) is 16.0. The van der Waals surface area contributed by atoms with Crippen LogP contribution in [-0.2, 0) is 12.7 Å². The van der Waals surface area contributed by atoms with Crippen molar-refractivity contribution in [1.29, 1.82) is 0 Å². The summed E-state index contributed by atoms with van der Waals surface area (Å²) >= 11 is 0. The molecule has 29 heavy (non-hydrogen) atoms. The lowest BCUT2D eigenvalue weighted by atomic mass is 10.0. The maximum atomic E-state index is 14.7. The number of para-hydroxylation sites is 1. The fraction of sp³-hybridized carbons (Fsp3) is 0.333. The standard InChI is InChI=1S/C21H20F4N2O2/c1-3-4-5-12-27-19-14(9-7-11-16(19)29-2)20(28)18(26-27)13-8-6-10-15(17(13)22)21(23,24)25/h6-11H,3-5,12H2,1-2H3. The van der Waals surface area contributed by atoms with Crippen LogP contribution in [0.1, 0.15) is 31.7 Å². The van der Waals surface area contributed by atoms with Gasteiger partial charge < -0.3 is 4.74 Å². The van der Waals surface area contributed by atoms with E-state index < -0.39 is 28.5 Å². The monoisotopic (exact) mass is 408 g/mol. The Morgan fingerprint density at radius 2 is 1.83 bits per heavy atom. The first-order valence-electron chi connectivity index (χ1n) is 9.23. The summed E-state index contributed by atoms with van der Waals surface area (Å²) < 4.78 is 60.9. The fourth-order valence-electron chi connectivity index (χ4n) is 3.26. The van der Waals surface area contributed by atoms with Crippen molar-refractivity contribution in [2.75, 3.05) is 7.11 Å². The molecule has 3 rings (SSSR count). The van der Waals surface area contributed by atoms with Crippen LogP contribution in [0, 0.1) is 5.82 Å². The molecule has 0 saturated carbocycles. The van der Waals surface area contributed by atoms with Gasteiger partial charge in [-0.1, -0.05) is 31.9 Å². The number of fused-ring (bicyclic) bond motifs is 1. The smallest absolute Gasteiger partial charge is 0.419 e. The van der Waals surface area contributed by atoms with Crippen molar-refractivity contribution in [3.05, 3.63) is 58.0 Å². The van der Waals surface area contributed by atoms with Gasteiger partial charge in [-0.15, -0.1) is 0 Å². The minimum atomic E-state index is -4.87. The average molecular weight is 408 g/mol. The van der Waals surface area contributed by atoms with Crippen LogP contribution in [0.15, 0.2) is 41.2 Å². The highest BCUT2D eigenvalue weighted by Gasteiger charge is 2.35. The number of ether oxygens (including phenoxy) is 1. The van der Waals surface area contributed by atoms with Gasteiger partial charge >= 0.3 is 6.18 Å². The van der Waals surface area contributed by atoms with Crippen molar-refractivity contribution < 1.29 is 22.3 Å². The summed E-state index contributed by atoms with van der Waals surface area (Å²) in [6.07, 6.45) is -2.29. The molecule has 0 aliphatic rings. The van der Waals surface area contributed by atoms with Gasteiger partial charge in [0.15, 0.2) is 0 Å². The lowest BCUT2D eigenvalue weighted by Crippen LogP contribution is -2.19. The van der Waals surface area contributed by atoms with Crippen molar-refractivity contribution in [3.63, 3.8) is 0 Å². The minimum absolute atomic E-state index is 0.211. The first-order valence-corrected chi connectivity index (χ1v) is 9.23. The molecule has 0 aliphatic heterocycles. The SMILES string of the molecule is CCCCCn1nc(-c2cccc(C(F)(F)F)c2F)c(=O)c2cccc(OC)c21. The van der Waals surface area contributed by atoms with Gasteiger partial charge in [0, 0.05) is 12.1 Å². The van der Waals surface area contributed by atoms with Crippen molar-refractivity contribution in [3.8, 4) is 17.0 Å². The number of aromatic nitrogens is 2. The van der Waals surface area contributed by atoms with Crippen LogP contribution < -0.4 is 10.2 Å². The van der Waals surface area contributed by atoms with Crippen molar-refractivity contribution in [2.24, 2.45) is 0 Å². The van der Waals surface area contributed by atoms with Crippen molar-refractivity contribution in [2.45, 2.75) is 38.9 Å². The van der Waals surface area contributed by atoms with Crippen LogP contribution in [0.3, 0.4) is 0 Å². The summed E-state index contributed by atoms with van der Waals surface area (Å²) in [5.41, 5.74) is -2.47. The summed E-state index contributed by atoms with van der Waals surface area (Å²) in [4.78, 5) is 13.0. The molecule has 0 amide bonds. The molecule has 154 valence electrons. The van der Waals surface area contributed by atoms with E-state index in [4.69, 9.17) is 4.74 Å². The predicted octanol–water partition coefficient (Wildman–Crippen LogP) is 5.42. The maximum absolute atomic E-state index is 14.7. The zero-order chi connectivity index (χ0) is 21.2. The van der Waals surface area contributed by atoms with E-state index in [1.807, 2.05) is 6.92 Å². The number of halogens is 4. The predicted molar refractivity (Wildman–Crippen MR) is 102 cm³/mol. The number of unbranched alkanes of at least 4 members (excludes halogenated alkanes) is 2. The topological polar surface area (TPSA) is 44.1 Å². The fourth-order valence-corrected chi connectivity index (χ4v) is 3.26. The molecule has 0 bridgehead atoms. The average Bonchev–Trinajstić information content (AvgIpc) is 2.69. The van der Waals surface area contributed by atoms with E-state index in [1.165, 1.54) is 17.9 Å². The van der Waals surface area contributed by atoms with Gasteiger partial charge in [0.1, 0.15) is 22.8 Å². The van der Waals surface area contributed by atoms with Crippen molar-refractivity contribution >= 4 is 10.9 Å². The van der Waals surface area contributed by atoms with E-state index in [0.29, 0.717) is 23.9 Å². The van der Waals surface area contributed by atoms with Crippen LogP contribution >= 0.6 is 0 Å². The maximum Gasteiger partial charge on any atom is 0.419 e. The molecule has 0 aliphatic carbocycles. The van der Waals surface area contributed by atoms with E-state index in [9.17, 15) is 22.4 Å². The lowest BCUT2D eigenvalue weighted by Gasteiger charge is -2.16. The molecule has 4 nitrogen and oxygen atoms in total. The third-order valence-electron chi connectivity index (χ3n) is 4.69. The summed E-state index contributed by atoms with van der Waals surface area (Å²) in [5.74, 6) is -1.09. The Morgan fingerprint density at radius 1 is 1.10 bits per heavy atom. The van der Waals surface area contributed by atoms with Gasteiger partial charge in [0.25, 0.3) is 0 Å². The number of benzene rings is 2.